The summed E-state index contributed by atoms with van der Waals surface area (Å²) >= 11 is 5.73. The van der Waals surface area contributed by atoms with Crippen molar-refractivity contribution in [1.82, 2.24) is 4.98 Å². The molecule has 0 aliphatic heterocycles. The van der Waals surface area contributed by atoms with Crippen LogP contribution in [0.15, 0.2) is 34.9 Å². The smallest absolute Gasteiger partial charge is 0.303 e. The predicted molar refractivity (Wildman–Crippen MR) is 71.9 cm³/mol. The molecule has 2 N–H and O–H groups in total. The Morgan fingerprint density at radius 3 is 2.65 bits per heavy atom. The first-order chi connectivity index (χ1) is 9.54. The van der Waals surface area contributed by atoms with E-state index in [9.17, 15) is 9.59 Å². The van der Waals surface area contributed by atoms with E-state index in [-0.39, 0.29) is 24.8 Å². The number of anilines is 1. The third kappa shape index (κ3) is 3.83. The van der Waals surface area contributed by atoms with Gasteiger partial charge in [-0.15, -0.1) is 0 Å². The van der Waals surface area contributed by atoms with E-state index < -0.39 is 5.97 Å². The topological polar surface area (TPSA) is 92.4 Å². The zero-order chi connectivity index (χ0) is 14.5. The van der Waals surface area contributed by atoms with Crippen LogP contribution >= 0.6 is 11.6 Å². The number of carboxylic acids is 1. The Labute approximate surface area is 119 Å². The summed E-state index contributed by atoms with van der Waals surface area (Å²) in [5.41, 5.74) is 0.887. The Morgan fingerprint density at radius 1 is 1.30 bits per heavy atom. The average Bonchev–Trinajstić information content (AvgIpc) is 2.84. The van der Waals surface area contributed by atoms with Gasteiger partial charge in [-0.25, -0.2) is 0 Å². The van der Waals surface area contributed by atoms with E-state index in [0.717, 1.165) is 0 Å². The largest absolute Gasteiger partial charge is 0.481 e. The number of aliphatic carboxylic acids is 1. The summed E-state index contributed by atoms with van der Waals surface area (Å²) in [5, 5.41) is 11.6. The molecule has 0 saturated heterocycles. The number of oxazole rings is 1. The minimum absolute atomic E-state index is 0.0327. The number of carbonyl (C=O) groups is 2. The van der Waals surface area contributed by atoms with Gasteiger partial charge in [0.1, 0.15) is 6.26 Å². The maximum absolute atomic E-state index is 11.9. The number of halogens is 1. The molecule has 0 atom stereocenters. The first-order valence-electron chi connectivity index (χ1n) is 5.78. The minimum atomic E-state index is -0.917. The second-order valence-electron chi connectivity index (χ2n) is 4.00. The van der Waals surface area contributed by atoms with Crippen molar-refractivity contribution in [3.05, 3.63) is 46.8 Å². The molecule has 7 heteroatoms. The van der Waals surface area contributed by atoms with E-state index >= 15 is 0 Å². The van der Waals surface area contributed by atoms with Crippen molar-refractivity contribution < 1.29 is 19.1 Å². The minimum Gasteiger partial charge on any atom is -0.481 e. The lowest BCUT2D eigenvalue weighted by molar-refractivity contribution is -0.136. The van der Waals surface area contributed by atoms with Gasteiger partial charge < -0.3 is 9.52 Å². The highest BCUT2D eigenvalue weighted by atomic mass is 35.5. The van der Waals surface area contributed by atoms with Gasteiger partial charge in [0.25, 0.3) is 5.91 Å². The molecule has 0 fully saturated rings. The van der Waals surface area contributed by atoms with Gasteiger partial charge in [-0.2, -0.15) is 4.98 Å². The fourth-order valence-electron chi connectivity index (χ4n) is 1.48. The number of carboxylic acid groups (broad SMARTS) is 1. The van der Waals surface area contributed by atoms with Crippen molar-refractivity contribution in [2.24, 2.45) is 0 Å². The number of benzene rings is 1. The molecule has 0 radical (unpaired) electrons. The lowest BCUT2D eigenvalue weighted by Gasteiger charge is -2.00. The van der Waals surface area contributed by atoms with Crippen LogP contribution in [0.2, 0.25) is 5.02 Å². The number of amides is 1. The molecule has 0 saturated carbocycles. The number of rotatable bonds is 5. The monoisotopic (exact) mass is 294 g/mol. The standard InChI is InChI=1S/C13H11ClN2O4/c14-9-3-1-8(2-4-9)12(19)16-13-15-10(7-20-13)5-6-11(17)18/h1-4,7H,5-6H2,(H,17,18)(H,15,16,19). The fourth-order valence-corrected chi connectivity index (χ4v) is 1.61. The van der Waals surface area contributed by atoms with Crippen molar-refractivity contribution in [2.75, 3.05) is 5.32 Å². The van der Waals surface area contributed by atoms with Crippen molar-refractivity contribution >= 4 is 29.5 Å². The molecule has 1 aromatic heterocycles. The van der Waals surface area contributed by atoms with E-state index in [4.69, 9.17) is 21.1 Å². The molecule has 0 aliphatic rings. The molecular weight excluding hydrogens is 284 g/mol. The fraction of sp³-hybridized carbons (Fsp3) is 0.154. The zero-order valence-electron chi connectivity index (χ0n) is 10.3. The third-order valence-electron chi connectivity index (χ3n) is 2.47. The Kier molecular flexibility index (Phi) is 4.37. The number of nitrogens with one attached hydrogen (secondary N) is 1. The molecule has 1 amide bonds. The van der Waals surface area contributed by atoms with Crippen molar-refractivity contribution in [3.63, 3.8) is 0 Å². The average molecular weight is 295 g/mol. The van der Waals surface area contributed by atoms with Crippen molar-refractivity contribution in [1.29, 1.82) is 0 Å². The molecule has 2 rings (SSSR count). The molecule has 1 aromatic carbocycles. The highest BCUT2D eigenvalue weighted by Gasteiger charge is 2.11. The second kappa shape index (κ2) is 6.21. The first-order valence-corrected chi connectivity index (χ1v) is 6.15. The molecule has 1 heterocycles. The van der Waals surface area contributed by atoms with E-state index in [1.54, 1.807) is 24.3 Å². The number of aryl methyl sites for hydroxylation is 1. The zero-order valence-corrected chi connectivity index (χ0v) is 11.1. The van der Waals surface area contributed by atoms with Gasteiger partial charge >= 0.3 is 12.0 Å². The summed E-state index contributed by atoms with van der Waals surface area (Å²) in [5.74, 6) is -1.30. The maximum Gasteiger partial charge on any atom is 0.303 e. The van der Waals surface area contributed by atoms with Crippen LogP contribution in [-0.4, -0.2) is 22.0 Å². The number of aromatic nitrogens is 1. The molecule has 0 spiro atoms. The van der Waals surface area contributed by atoms with Gasteiger partial charge in [0.2, 0.25) is 0 Å². The number of hydrogen-bond donors (Lipinski definition) is 2. The van der Waals surface area contributed by atoms with Crippen LogP contribution < -0.4 is 5.32 Å². The predicted octanol–water partition coefficient (Wildman–Crippen LogP) is 2.60. The molecule has 2 aromatic rings. The van der Waals surface area contributed by atoms with Crippen LogP contribution in [0, 0.1) is 0 Å². The maximum atomic E-state index is 11.9. The first kappa shape index (κ1) is 14.1. The summed E-state index contributed by atoms with van der Waals surface area (Å²) in [6, 6.07) is 6.39. The van der Waals surface area contributed by atoms with Crippen LogP contribution in [0.1, 0.15) is 22.5 Å². The summed E-state index contributed by atoms with van der Waals surface area (Å²) in [6.45, 7) is 0. The highest BCUT2D eigenvalue weighted by molar-refractivity contribution is 6.30. The molecule has 104 valence electrons. The second-order valence-corrected chi connectivity index (χ2v) is 4.44. The van der Waals surface area contributed by atoms with E-state index in [0.29, 0.717) is 16.3 Å². The SMILES string of the molecule is O=C(O)CCc1coc(NC(=O)c2ccc(Cl)cc2)n1. The van der Waals surface area contributed by atoms with E-state index in [1.807, 2.05) is 0 Å². The quantitative estimate of drug-likeness (QED) is 0.884. The molecule has 0 aliphatic carbocycles. The van der Waals surface area contributed by atoms with Crippen LogP contribution in [-0.2, 0) is 11.2 Å². The van der Waals surface area contributed by atoms with Gasteiger partial charge in [0.05, 0.1) is 12.1 Å². The Bertz CT molecular complexity index is 622. The van der Waals surface area contributed by atoms with Gasteiger partial charge in [-0.1, -0.05) is 11.6 Å². The number of nitrogens with zero attached hydrogens (tertiary/aromatic N) is 1. The van der Waals surface area contributed by atoms with Crippen LogP contribution in [0.4, 0.5) is 6.01 Å². The van der Waals surface area contributed by atoms with Crippen LogP contribution in [0.25, 0.3) is 0 Å². The van der Waals surface area contributed by atoms with Crippen molar-refractivity contribution in [3.8, 4) is 0 Å². The summed E-state index contributed by atoms with van der Waals surface area (Å²) in [6.07, 6.45) is 1.52. The van der Waals surface area contributed by atoms with Gasteiger partial charge in [-0.05, 0) is 24.3 Å². The number of carbonyl (C=O) groups excluding carboxylic acids is 1. The van der Waals surface area contributed by atoms with Gasteiger partial charge in [-0.3, -0.25) is 14.9 Å². The van der Waals surface area contributed by atoms with Crippen LogP contribution in [0.5, 0.6) is 0 Å². The Hall–Kier alpha value is -2.34. The Morgan fingerprint density at radius 2 is 2.00 bits per heavy atom. The summed E-state index contributed by atoms with van der Waals surface area (Å²) < 4.78 is 5.05. The lowest BCUT2D eigenvalue weighted by atomic mass is 10.2. The number of hydrogen-bond acceptors (Lipinski definition) is 4. The molecule has 0 bridgehead atoms. The highest BCUT2D eigenvalue weighted by Crippen LogP contribution is 2.13. The van der Waals surface area contributed by atoms with Gasteiger partial charge in [0, 0.05) is 17.0 Å². The molecule has 6 nitrogen and oxygen atoms in total. The third-order valence-corrected chi connectivity index (χ3v) is 2.73. The normalized spacial score (nSPS) is 10.2. The summed E-state index contributed by atoms with van der Waals surface area (Å²) in [7, 11) is 0. The molecule has 20 heavy (non-hydrogen) atoms. The Balaban J connectivity index is 1.97. The van der Waals surface area contributed by atoms with Gasteiger partial charge in [0.15, 0.2) is 0 Å². The molecular formula is C13H11ClN2O4. The van der Waals surface area contributed by atoms with Crippen molar-refractivity contribution in [2.45, 2.75) is 12.8 Å². The van der Waals surface area contributed by atoms with E-state index in [2.05, 4.69) is 10.3 Å². The molecule has 0 unspecified atom stereocenters. The van der Waals surface area contributed by atoms with Crippen LogP contribution in [0.3, 0.4) is 0 Å². The summed E-state index contributed by atoms with van der Waals surface area (Å²) in [4.78, 5) is 26.3. The lowest BCUT2D eigenvalue weighted by Crippen LogP contribution is -2.12. The van der Waals surface area contributed by atoms with E-state index in [1.165, 1.54) is 6.26 Å².